The van der Waals surface area contributed by atoms with Gasteiger partial charge >= 0.3 is 0 Å². The second-order valence-corrected chi connectivity index (χ2v) is 5.61. The van der Waals surface area contributed by atoms with Gasteiger partial charge in [0.1, 0.15) is 0 Å². The van der Waals surface area contributed by atoms with Gasteiger partial charge in [-0.05, 0) is 42.8 Å². The quantitative estimate of drug-likeness (QED) is 0.389. The molecule has 142 valence electrons. The molecule has 4 N–H and O–H groups in total. The summed E-state index contributed by atoms with van der Waals surface area (Å²) in [6.07, 6.45) is 0. The summed E-state index contributed by atoms with van der Waals surface area (Å²) in [5.74, 6) is 0.0739. The van der Waals surface area contributed by atoms with Crippen LogP contribution in [0.1, 0.15) is 22.8 Å². The highest BCUT2D eigenvalue weighted by atomic mass is 16.5. The lowest BCUT2D eigenvalue weighted by atomic mass is 10.1. The Balaban J connectivity index is 1.91. The van der Waals surface area contributed by atoms with Gasteiger partial charge in [-0.15, -0.1) is 0 Å². The van der Waals surface area contributed by atoms with E-state index in [9.17, 15) is 9.59 Å². The summed E-state index contributed by atoms with van der Waals surface area (Å²) in [5, 5.41) is 6.53. The summed E-state index contributed by atoms with van der Waals surface area (Å²) in [5.41, 5.74) is 10.5. The third-order valence-electron chi connectivity index (χ3n) is 3.71. The van der Waals surface area contributed by atoms with Gasteiger partial charge in [0.25, 0.3) is 11.8 Å². The molecule has 0 aliphatic rings. The standard InChI is InChI=1S/C19H22N4O4/c1-12(13-5-4-6-15(20)9-13)22-23-18(24)11-21-19(25)14-7-8-16(26-2)17(10-14)27-3/h4-10H,11,20H2,1-3H3,(H,21,25)(H,23,24)/b22-12+. The number of methoxy groups -OCH3 is 2. The molecule has 0 bridgehead atoms. The van der Waals surface area contributed by atoms with Crippen molar-refractivity contribution >= 4 is 23.2 Å². The number of carbonyl (C=O) groups is 2. The molecule has 0 spiro atoms. The number of rotatable bonds is 7. The molecule has 2 rings (SSSR count). The molecule has 0 unspecified atom stereocenters. The fraction of sp³-hybridized carbons (Fsp3) is 0.211. The predicted octanol–water partition coefficient (Wildman–Crippen LogP) is 1.56. The molecule has 0 aliphatic carbocycles. The molecule has 8 nitrogen and oxygen atoms in total. The highest BCUT2D eigenvalue weighted by Gasteiger charge is 2.12. The number of hydrogen-bond donors (Lipinski definition) is 3. The van der Waals surface area contributed by atoms with Gasteiger partial charge in [0, 0.05) is 11.3 Å². The maximum atomic E-state index is 12.2. The Hall–Kier alpha value is -3.55. The number of ether oxygens (including phenoxy) is 2. The van der Waals surface area contributed by atoms with Crippen LogP contribution in [0.3, 0.4) is 0 Å². The molecule has 0 aromatic heterocycles. The Kier molecular flexibility index (Phi) is 6.76. The fourth-order valence-corrected chi connectivity index (χ4v) is 2.25. The molecular formula is C19H22N4O4. The van der Waals surface area contributed by atoms with Crippen molar-refractivity contribution in [2.75, 3.05) is 26.5 Å². The number of nitrogen functional groups attached to an aromatic ring is 1. The van der Waals surface area contributed by atoms with E-state index >= 15 is 0 Å². The molecule has 0 saturated carbocycles. The van der Waals surface area contributed by atoms with Gasteiger partial charge in [-0.2, -0.15) is 5.10 Å². The number of nitrogens with one attached hydrogen (secondary N) is 2. The largest absolute Gasteiger partial charge is 0.493 e. The average molecular weight is 370 g/mol. The van der Waals surface area contributed by atoms with Gasteiger partial charge in [0.05, 0.1) is 26.5 Å². The number of amides is 2. The zero-order valence-corrected chi connectivity index (χ0v) is 15.4. The zero-order chi connectivity index (χ0) is 19.8. The van der Waals surface area contributed by atoms with Crippen molar-refractivity contribution in [3.63, 3.8) is 0 Å². The molecule has 0 atom stereocenters. The van der Waals surface area contributed by atoms with Crippen LogP contribution in [0.15, 0.2) is 47.6 Å². The molecule has 2 aromatic carbocycles. The van der Waals surface area contributed by atoms with Crippen molar-refractivity contribution in [2.45, 2.75) is 6.92 Å². The highest BCUT2D eigenvalue weighted by Crippen LogP contribution is 2.27. The van der Waals surface area contributed by atoms with Crippen LogP contribution < -0.4 is 25.9 Å². The summed E-state index contributed by atoms with van der Waals surface area (Å²) >= 11 is 0. The normalized spacial score (nSPS) is 10.9. The lowest BCUT2D eigenvalue weighted by Gasteiger charge is -2.10. The van der Waals surface area contributed by atoms with Crippen LogP contribution in [-0.2, 0) is 4.79 Å². The number of benzene rings is 2. The van der Waals surface area contributed by atoms with E-state index in [1.807, 2.05) is 6.07 Å². The minimum atomic E-state index is -0.452. The van der Waals surface area contributed by atoms with Crippen LogP contribution in [-0.4, -0.2) is 38.3 Å². The van der Waals surface area contributed by atoms with Crippen LogP contribution in [0, 0.1) is 0 Å². The Bertz CT molecular complexity index is 865. The van der Waals surface area contributed by atoms with Crippen LogP contribution in [0.4, 0.5) is 5.69 Å². The Morgan fingerprint density at radius 3 is 2.44 bits per heavy atom. The van der Waals surface area contributed by atoms with Crippen LogP contribution >= 0.6 is 0 Å². The summed E-state index contributed by atoms with van der Waals surface area (Å²) in [6.45, 7) is 1.53. The van der Waals surface area contributed by atoms with Gasteiger partial charge in [-0.25, -0.2) is 5.43 Å². The molecule has 0 saturated heterocycles. The SMILES string of the molecule is COc1ccc(C(=O)NCC(=O)N/N=C(\C)c2cccc(N)c2)cc1OC. The first kappa shape index (κ1) is 19.8. The topological polar surface area (TPSA) is 115 Å². The fourth-order valence-electron chi connectivity index (χ4n) is 2.25. The molecule has 0 heterocycles. The van der Waals surface area contributed by atoms with Crippen LogP contribution in [0.25, 0.3) is 0 Å². The Morgan fingerprint density at radius 2 is 1.78 bits per heavy atom. The maximum Gasteiger partial charge on any atom is 0.259 e. The average Bonchev–Trinajstić information content (AvgIpc) is 2.69. The number of hydrazone groups is 1. The van der Waals surface area contributed by atoms with Crippen molar-refractivity contribution in [3.05, 3.63) is 53.6 Å². The van der Waals surface area contributed by atoms with E-state index in [0.29, 0.717) is 28.5 Å². The second-order valence-electron chi connectivity index (χ2n) is 5.61. The Labute approximate surface area is 157 Å². The van der Waals surface area contributed by atoms with E-state index in [0.717, 1.165) is 5.56 Å². The van der Waals surface area contributed by atoms with Gasteiger partial charge in [0.15, 0.2) is 11.5 Å². The highest BCUT2D eigenvalue weighted by molar-refractivity contribution is 6.00. The van der Waals surface area contributed by atoms with Gasteiger partial charge in [0.2, 0.25) is 0 Å². The lowest BCUT2D eigenvalue weighted by Crippen LogP contribution is -2.35. The number of hydrogen-bond acceptors (Lipinski definition) is 6. The third-order valence-corrected chi connectivity index (χ3v) is 3.71. The summed E-state index contributed by atoms with van der Waals surface area (Å²) in [4.78, 5) is 24.1. The second kappa shape index (κ2) is 9.23. The van der Waals surface area contributed by atoms with Crippen molar-refractivity contribution in [1.29, 1.82) is 0 Å². The monoisotopic (exact) mass is 370 g/mol. The van der Waals surface area contributed by atoms with E-state index in [2.05, 4.69) is 15.8 Å². The molecule has 2 amide bonds. The predicted molar refractivity (Wildman–Crippen MR) is 103 cm³/mol. The minimum Gasteiger partial charge on any atom is -0.493 e. The van der Waals surface area contributed by atoms with Gasteiger partial charge in [-0.3, -0.25) is 9.59 Å². The molecule has 2 aromatic rings. The van der Waals surface area contributed by atoms with E-state index in [-0.39, 0.29) is 6.54 Å². The molecule has 0 aliphatic heterocycles. The number of anilines is 1. The van der Waals surface area contributed by atoms with E-state index in [4.69, 9.17) is 15.2 Å². The van der Waals surface area contributed by atoms with E-state index in [1.54, 1.807) is 37.3 Å². The summed E-state index contributed by atoms with van der Waals surface area (Å²) < 4.78 is 10.3. The minimum absolute atomic E-state index is 0.221. The third kappa shape index (κ3) is 5.46. The van der Waals surface area contributed by atoms with E-state index < -0.39 is 11.8 Å². The molecule has 27 heavy (non-hydrogen) atoms. The molecule has 0 radical (unpaired) electrons. The van der Waals surface area contributed by atoms with E-state index in [1.165, 1.54) is 20.3 Å². The number of carbonyl (C=O) groups excluding carboxylic acids is 2. The van der Waals surface area contributed by atoms with Crippen molar-refractivity contribution in [2.24, 2.45) is 5.10 Å². The summed E-state index contributed by atoms with van der Waals surface area (Å²) in [7, 11) is 2.99. The number of nitrogens with zero attached hydrogens (tertiary/aromatic N) is 1. The van der Waals surface area contributed by atoms with Crippen molar-refractivity contribution in [3.8, 4) is 11.5 Å². The molecule has 8 heteroatoms. The van der Waals surface area contributed by atoms with Crippen LogP contribution in [0.5, 0.6) is 11.5 Å². The molecule has 0 fully saturated rings. The zero-order valence-electron chi connectivity index (χ0n) is 15.4. The smallest absolute Gasteiger partial charge is 0.259 e. The summed E-state index contributed by atoms with van der Waals surface area (Å²) in [6, 6.07) is 11.9. The van der Waals surface area contributed by atoms with Crippen molar-refractivity contribution in [1.82, 2.24) is 10.7 Å². The first-order chi connectivity index (χ1) is 12.9. The van der Waals surface area contributed by atoms with Crippen molar-refractivity contribution < 1.29 is 19.1 Å². The maximum absolute atomic E-state index is 12.2. The Morgan fingerprint density at radius 1 is 1.04 bits per heavy atom. The van der Waals surface area contributed by atoms with Gasteiger partial charge in [-0.1, -0.05) is 12.1 Å². The van der Waals surface area contributed by atoms with Gasteiger partial charge < -0.3 is 20.5 Å². The number of nitrogens with two attached hydrogens (primary N) is 1. The first-order valence-corrected chi connectivity index (χ1v) is 8.14. The first-order valence-electron chi connectivity index (χ1n) is 8.14. The molecular weight excluding hydrogens is 348 g/mol. The lowest BCUT2D eigenvalue weighted by molar-refractivity contribution is -0.120. The van der Waals surface area contributed by atoms with Crippen LogP contribution in [0.2, 0.25) is 0 Å².